The predicted molar refractivity (Wildman–Crippen MR) is 126 cm³/mol. The quantitative estimate of drug-likeness (QED) is 0.492. The topological polar surface area (TPSA) is 33.1 Å². The molecule has 0 radical (unpaired) electrons. The summed E-state index contributed by atoms with van der Waals surface area (Å²) in [5.41, 5.74) is 7.11. The molecule has 0 amide bonds. The Bertz CT molecular complexity index is 1060. The van der Waals surface area contributed by atoms with Crippen LogP contribution >= 0.6 is 28.1 Å². The lowest BCUT2D eigenvalue weighted by Gasteiger charge is -2.28. The number of halogens is 1. The summed E-state index contributed by atoms with van der Waals surface area (Å²) in [6, 6.07) is 14.8. The molecule has 2 atom stereocenters. The lowest BCUT2D eigenvalue weighted by atomic mass is 9.96. The van der Waals surface area contributed by atoms with Gasteiger partial charge >= 0.3 is 0 Å². The van der Waals surface area contributed by atoms with Gasteiger partial charge in [0, 0.05) is 34.3 Å². The van der Waals surface area contributed by atoms with Crippen molar-refractivity contribution in [1.29, 1.82) is 0 Å². The number of pyridine rings is 1. The average molecular weight is 469 g/mol. The number of thiocarbonyl (C=S) groups is 1. The zero-order valence-corrected chi connectivity index (χ0v) is 19.5. The van der Waals surface area contributed by atoms with E-state index < -0.39 is 0 Å². The summed E-state index contributed by atoms with van der Waals surface area (Å²) in [5, 5.41) is 4.28. The molecular weight excluding hydrogens is 444 g/mol. The third kappa shape index (κ3) is 3.49. The van der Waals surface area contributed by atoms with Crippen molar-refractivity contribution < 1.29 is 0 Å². The van der Waals surface area contributed by atoms with Crippen LogP contribution in [0, 0.1) is 20.8 Å². The maximum absolute atomic E-state index is 5.83. The number of anilines is 1. The van der Waals surface area contributed by atoms with Gasteiger partial charge in [0.1, 0.15) is 0 Å². The molecule has 0 aliphatic carbocycles. The lowest BCUT2D eigenvalue weighted by molar-refractivity contribution is 0.563. The fourth-order valence-electron chi connectivity index (χ4n) is 4.34. The van der Waals surface area contributed by atoms with E-state index in [0.717, 1.165) is 27.5 Å². The van der Waals surface area contributed by atoms with Gasteiger partial charge < -0.3 is 14.8 Å². The number of rotatable bonds is 4. The van der Waals surface area contributed by atoms with Crippen molar-refractivity contribution in [1.82, 2.24) is 14.9 Å². The van der Waals surface area contributed by atoms with E-state index in [4.69, 9.17) is 12.2 Å². The van der Waals surface area contributed by atoms with Gasteiger partial charge in [0.05, 0.1) is 17.8 Å². The SMILES string of the molecule is CCn1c(C)cc([C@H]2[C@@H](c3ccccn3)NC(=S)N2c2ccc(Br)c(C)c2)c1C. The molecule has 4 rings (SSSR count). The maximum Gasteiger partial charge on any atom is 0.174 e. The van der Waals surface area contributed by atoms with Gasteiger partial charge in [-0.25, -0.2) is 0 Å². The van der Waals surface area contributed by atoms with E-state index in [1.165, 1.54) is 22.5 Å². The number of hydrogen-bond donors (Lipinski definition) is 1. The first-order valence-corrected chi connectivity index (χ1v) is 11.1. The molecule has 0 bridgehead atoms. The minimum absolute atomic E-state index is 0.0153. The van der Waals surface area contributed by atoms with E-state index in [-0.39, 0.29) is 12.1 Å². The molecule has 1 aliphatic rings. The monoisotopic (exact) mass is 468 g/mol. The van der Waals surface area contributed by atoms with Crippen LogP contribution in [0.3, 0.4) is 0 Å². The number of nitrogens with one attached hydrogen (secondary N) is 1. The molecule has 1 fully saturated rings. The third-order valence-corrected chi connectivity index (χ3v) is 6.97. The van der Waals surface area contributed by atoms with Gasteiger partial charge in [-0.3, -0.25) is 4.98 Å². The Hall–Kier alpha value is -2.18. The van der Waals surface area contributed by atoms with Gasteiger partial charge in [0.15, 0.2) is 5.11 Å². The fraction of sp³-hybridized carbons (Fsp3) is 0.304. The zero-order chi connectivity index (χ0) is 20.7. The van der Waals surface area contributed by atoms with Crippen molar-refractivity contribution in [2.24, 2.45) is 0 Å². The van der Waals surface area contributed by atoms with Crippen LogP contribution in [-0.2, 0) is 6.54 Å². The van der Waals surface area contributed by atoms with Gasteiger partial charge in [0.2, 0.25) is 0 Å². The van der Waals surface area contributed by atoms with Gasteiger partial charge in [-0.1, -0.05) is 22.0 Å². The van der Waals surface area contributed by atoms with Crippen molar-refractivity contribution in [2.75, 3.05) is 4.90 Å². The third-order valence-electron chi connectivity index (χ3n) is 5.77. The highest BCUT2D eigenvalue weighted by molar-refractivity contribution is 9.10. The summed E-state index contributed by atoms with van der Waals surface area (Å²) in [6.07, 6.45) is 1.85. The van der Waals surface area contributed by atoms with E-state index in [2.05, 4.69) is 93.7 Å². The first kappa shape index (κ1) is 20.1. The molecule has 3 aromatic rings. The molecule has 4 nitrogen and oxygen atoms in total. The number of aryl methyl sites for hydroxylation is 2. The Morgan fingerprint density at radius 3 is 2.55 bits per heavy atom. The molecule has 0 spiro atoms. The first-order chi connectivity index (χ1) is 13.9. The number of nitrogens with zero attached hydrogens (tertiary/aromatic N) is 3. The van der Waals surface area contributed by atoms with Crippen molar-refractivity contribution >= 4 is 38.9 Å². The summed E-state index contributed by atoms with van der Waals surface area (Å²) in [5.74, 6) is 0. The normalized spacial score (nSPS) is 18.9. The van der Waals surface area contributed by atoms with E-state index in [0.29, 0.717) is 0 Å². The summed E-state index contributed by atoms with van der Waals surface area (Å²) >= 11 is 9.45. The molecule has 2 aromatic heterocycles. The van der Waals surface area contributed by atoms with Crippen molar-refractivity contribution in [3.05, 3.63) is 81.3 Å². The molecule has 0 unspecified atom stereocenters. The van der Waals surface area contributed by atoms with Crippen LogP contribution in [0.5, 0.6) is 0 Å². The summed E-state index contributed by atoms with van der Waals surface area (Å²) in [6.45, 7) is 9.62. The Kier molecular flexibility index (Phi) is 5.49. The second-order valence-electron chi connectivity index (χ2n) is 7.50. The summed E-state index contributed by atoms with van der Waals surface area (Å²) in [7, 11) is 0. The van der Waals surface area contributed by atoms with Crippen LogP contribution in [0.1, 0.15) is 47.2 Å². The van der Waals surface area contributed by atoms with Gasteiger partial charge in [-0.2, -0.15) is 0 Å². The number of hydrogen-bond acceptors (Lipinski definition) is 2. The average Bonchev–Trinajstić information content (AvgIpc) is 3.20. The van der Waals surface area contributed by atoms with Crippen LogP contribution in [0.2, 0.25) is 0 Å². The van der Waals surface area contributed by atoms with Crippen molar-refractivity contribution in [2.45, 2.75) is 46.3 Å². The van der Waals surface area contributed by atoms with Crippen LogP contribution in [0.4, 0.5) is 5.69 Å². The maximum atomic E-state index is 5.83. The van der Waals surface area contributed by atoms with E-state index in [9.17, 15) is 0 Å². The molecule has 1 aromatic carbocycles. The van der Waals surface area contributed by atoms with E-state index in [1.54, 1.807) is 0 Å². The van der Waals surface area contributed by atoms with E-state index in [1.807, 2.05) is 18.3 Å². The first-order valence-electron chi connectivity index (χ1n) is 9.85. The zero-order valence-electron chi connectivity index (χ0n) is 17.1. The summed E-state index contributed by atoms with van der Waals surface area (Å²) in [4.78, 5) is 6.89. The minimum atomic E-state index is -0.0153. The van der Waals surface area contributed by atoms with E-state index >= 15 is 0 Å². The number of aromatic nitrogens is 2. The highest BCUT2D eigenvalue weighted by Crippen LogP contribution is 2.43. The van der Waals surface area contributed by atoms with Gasteiger partial charge in [-0.15, -0.1) is 0 Å². The minimum Gasteiger partial charge on any atom is -0.351 e. The van der Waals surface area contributed by atoms with Crippen LogP contribution in [-0.4, -0.2) is 14.7 Å². The van der Waals surface area contributed by atoms with Crippen LogP contribution in [0.25, 0.3) is 0 Å². The van der Waals surface area contributed by atoms with Crippen molar-refractivity contribution in [3.8, 4) is 0 Å². The van der Waals surface area contributed by atoms with Crippen LogP contribution in [0.15, 0.2) is 53.1 Å². The van der Waals surface area contributed by atoms with Crippen molar-refractivity contribution in [3.63, 3.8) is 0 Å². The molecule has 1 N–H and O–H groups in total. The fourth-order valence-corrected chi connectivity index (χ4v) is 4.93. The molecule has 29 heavy (non-hydrogen) atoms. The molecular formula is C23H25BrN4S. The summed E-state index contributed by atoms with van der Waals surface area (Å²) < 4.78 is 3.46. The Labute approximate surface area is 186 Å². The Morgan fingerprint density at radius 1 is 1.14 bits per heavy atom. The second kappa shape index (κ2) is 7.92. The van der Waals surface area contributed by atoms with Crippen LogP contribution < -0.4 is 10.2 Å². The van der Waals surface area contributed by atoms with Gasteiger partial charge in [0.25, 0.3) is 0 Å². The molecule has 0 saturated carbocycles. The molecule has 1 saturated heterocycles. The Balaban J connectivity index is 1.89. The number of benzene rings is 1. The highest BCUT2D eigenvalue weighted by Gasteiger charge is 2.42. The van der Waals surface area contributed by atoms with Gasteiger partial charge in [-0.05, 0) is 87.4 Å². The standard InChI is InChI=1S/C23H25BrN4S/c1-5-27-15(3)13-18(16(27)4)22-21(20-8-6-7-11-25-20)26-23(29)28(22)17-9-10-19(24)14(2)12-17/h6-13,21-22H,5H2,1-4H3,(H,26,29)/t21-,22+/m1/s1. The Morgan fingerprint density at radius 2 is 1.93 bits per heavy atom. The predicted octanol–water partition coefficient (Wildman–Crippen LogP) is 5.77. The molecule has 150 valence electrons. The molecule has 6 heteroatoms. The second-order valence-corrected chi connectivity index (χ2v) is 8.74. The smallest absolute Gasteiger partial charge is 0.174 e. The lowest BCUT2D eigenvalue weighted by Crippen LogP contribution is -2.29. The highest BCUT2D eigenvalue weighted by atomic mass is 79.9. The molecule has 3 heterocycles. The molecule has 1 aliphatic heterocycles. The largest absolute Gasteiger partial charge is 0.351 e.